The summed E-state index contributed by atoms with van der Waals surface area (Å²) in [7, 11) is 1.69. The summed E-state index contributed by atoms with van der Waals surface area (Å²) in [5.41, 5.74) is 3.05. The van der Waals surface area contributed by atoms with Gasteiger partial charge in [-0.05, 0) is 46.7 Å². The molecule has 1 heterocycles. The van der Waals surface area contributed by atoms with E-state index in [1.165, 1.54) is 0 Å². The molecule has 0 atom stereocenters. The second kappa shape index (κ2) is 7.46. The van der Waals surface area contributed by atoms with Crippen molar-refractivity contribution in [3.8, 4) is 0 Å². The first-order valence-electron chi connectivity index (χ1n) is 6.90. The molecular formula is C15H26N2O2. The van der Waals surface area contributed by atoms with Crippen molar-refractivity contribution < 1.29 is 9.53 Å². The second-order valence-electron chi connectivity index (χ2n) is 5.19. The fourth-order valence-corrected chi connectivity index (χ4v) is 2.49. The van der Waals surface area contributed by atoms with E-state index in [1.54, 1.807) is 7.11 Å². The van der Waals surface area contributed by atoms with E-state index < -0.39 is 0 Å². The molecule has 0 fully saturated rings. The van der Waals surface area contributed by atoms with Crippen LogP contribution in [0.1, 0.15) is 48.1 Å². The number of methoxy groups -OCH3 is 1. The first-order chi connectivity index (χ1) is 8.99. The average molecular weight is 266 g/mol. The fraction of sp³-hybridized carbons (Fsp3) is 0.667. The van der Waals surface area contributed by atoms with Crippen LogP contribution in [0.3, 0.4) is 0 Å². The highest BCUT2D eigenvalue weighted by atomic mass is 16.5. The van der Waals surface area contributed by atoms with Gasteiger partial charge >= 0.3 is 0 Å². The Labute approximate surface area is 116 Å². The van der Waals surface area contributed by atoms with Crippen molar-refractivity contribution in [1.29, 1.82) is 0 Å². The summed E-state index contributed by atoms with van der Waals surface area (Å²) in [4.78, 5) is 12.2. The smallest absolute Gasteiger partial charge is 0.178 e. The summed E-state index contributed by atoms with van der Waals surface area (Å²) in [6.45, 7) is 10.3. The molecule has 1 rings (SSSR count). The molecule has 4 heteroatoms. The molecule has 0 bridgehead atoms. The van der Waals surface area contributed by atoms with Gasteiger partial charge in [-0.3, -0.25) is 4.79 Å². The Morgan fingerprint density at radius 3 is 2.63 bits per heavy atom. The molecule has 0 saturated carbocycles. The zero-order valence-corrected chi connectivity index (χ0v) is 12.7. The van der Waals surface area contributed by atoms with Crippen LogP contribution in [0.4, 0.5) is 0 Å². The van der Waals surface area contributed by atoms with Crippen LogP contribution < -0.4 is 5.32 Å². The molecule has 0 spiro atoms. The third kappa shape index (κ3) is 4.18. The van der Waals surface area contributed by atoms with E-state index >= 15 is 0 Å². The zero-order chi connectivity index (χ0) is 14.4. The van der Waals surface area contributed by atoms with Crippen LogP contribution in [0.2, 0.25) is 0 Å². The van der Waals surface area contributed by atoms with Crippen LogP contribution in [0.25, 0.3) is 0 Å². The molecular weight excluding hydrogens is 240 g/mol. The number of hydrogen-bond acceptors (Lipinski definition) is 3. The van der Waals surface area contributed by atoms with Crippen molar-refractivity contribution >= 4 is 5.78 Å². The predicted molar refractivity (Wildman–Crippen MR) is 78.0 cm³/mol. The summed E-state index contributed by atoms with van der Waals surface area (Å²) in [6.07, 6.45) is 0.925. The van der Waals surface area contributed by atoms with Gasteiger partial charge < -0.3 is 14.6 Å². The monoisotopic (exact) mass is 266 g/mol. The lowest BCUT2D eigenvalue weighted by molar-refractivity contribution is 0.0989. The minimum absolute atomic E-state index is 0.164. The van der Waals surface area contributed by atoms with Gasteiger partial charge in [-0.2, -0.15) is 0 Å². The maximum Gasteiger partial charge on any atom is 0.178 e. The number of rotatable bonds is 8. The summed E-state index contributed by atoms with van der Waals surface area (Å²) in [5.74, 6) is 0.164. The van der Waals surface area contributed by atoms with Gasteiger partial charge in [0.1, 0.15) is 0 Å². The number of carbonyl (C=O) groups is 1. The SMILES string of the molecule is COCCCNCC(=O)c1cc(C)n(C(C)C)c1C. The van der Waals surface area contributed by atoms with Crippen molar-refractivity contribution in [3.63, 3.8) is 0 Å². The van der Waals surface area contributed by atoms with Gasteiger partial charge in [-0.1, -0.05) is 0 Å². The molecule has 1 N–H and O–H groups in total. The molecule has 0 aromatic carbocycles. The van der Waals surface area contributed by atoms with Crippen LogP contribution in [0.5, 0.6) is 0 Å². The Morgan fingerprint density at radius 2 is 2.11 bits per heavy atom. The van der Waals surface area contributed by atoms with Gasteiger partial charge in [0, 0.05) is 36.7 Å². The molecule has 1 aromatic rings. The molecule has 19 heavy (non-hydrogen) atoms. The van der Waals surface area contributed by atoms with Crippen molar-refractivity contribution in [1.82, 2.24) is 9.88 Å². The molecule has 108 valence electrons. The predicted octanol–water partition coefficient (Wildman–Crippen LogP) is 2.49. The van der Waals surface area contributed by atoms with E-state index in [2.05, 4.69) is 30.7 Å². The van der Waals surface area contributed by atoms with Crippen LogP contribution in [-0.2, 0) is 4.74 Å². The number of ketones is 1. The highest BCUT2D eigenvalue weighted by Gasteiger charge is 2.16. The van der Waals surface area contributed by atoms with Gasteiger partial charge in [-0.25, -0.2) is 0 Å². The van der Waals surface area contributed by atoms with Gasteiger partial charge in [0.25, 0.3) is 0 Å². The number of Topliss-reactive ketones (excluding diaryl/α,β-unsaturated/α-hetero) is 1. The summed E-state index contributed by atoms with van der Waals surface area (Å²) in [5, 5.41) is 3.16. The number of hydrogen-bond donors (Lipinski definition) is 1. The molecule has 0 amide bonds. The van der Waals surface area contributed by atoms with E-state index in [1.807, 2.05) is 13.0 Å². The van der Waals surface area contributed by atoms with E-state index in [-0.39, 0.29) is 5.78 Å². The molecule has 0 aliphatic heterocycles. The van der Waals surface area contributed by atoms with Gasteiger partial charge in [0.2, 0.25) is 0 Å². The number of ether oxygens (including phenoxy) is 1. The van der Waals surface area contributed by atoms with Crippen LogP contribution in [0.15, 0.2) is 6.07 Å². The quantitative estimate of drug-likeness (QED) is 0.581. The largest absolute Gasteiger partial charge is 0.385 e. The number of aromatic nitrogens is 1. The van der Waals surface area contributed by atoms with Crippen LogP contribution in [0, 0.1) is 13.8 Å². The minimum atomic E-state index is 0.164. The second-order valence-corrected chi connectivity index (χ2v) is 5.19. The summed E-state index contributed by atoms with van der Waals surface area (Å²) < 4.78 is 7.18. The first kappa shape index (κ1) is 15.9. The lowest BCUT2D eigenvalue weighted by Crippen LogP contribution is -2.25. The van der Waals surface area contributed by atoms with Crippen molar-refractivity contribution in [2.75, 3.05) is 26.8 Å². The standard InChI is InChI=1S/C15H26N2O2/c1-11(2)17-12(3)9-14(13(17)4)15(18)10-16-7-6-8-19-5/h9,11,16H,6-8,10H2,1-5H3. The minimum Gasteiger partial charge on any atom is -0.385 e. The van der Waals surface area contributed by atoms with Crippen LogP contribution in [-0.4, -0.2) is 37.2 Å². The molecule has 0 aliphatic carbocycles. The maximum atomic E-state index is 12.2. The highest BCUT2D eigenvalue weighted by Crippen LogP contribution is 2.20. The van der Waals surface area contributed by atoms with Crippen LogP contribution >= 0.6 is 0 Å². The van der Waals surface area contributed by atoms with E-state index in [0.29, 0.717) is 12.6 Å². The van der Waals surface area contributed by atoms with Gasteiger partial charge in [0.05, 0.1) is 6.54 Å². The molecule has 4 nitrogen and oxygen atoms in total. The Kier molecular flexibility index (Phi) is 6.25. The number of nitrogens with one attached hydrogen (secondary N) is 1. The van der Waals surface area contributed by atoms with Gasteiger partial charge in [-0.15, -0.1) is 0 Å². The van der Waals surface area contributed by atoms with E-state index in [9.17, 15) is 4.79 Å². The molecule has 0 aliphatic rings. The third-order valence-electron chi connectivity index (χ3n) is 3.29. The normalized spacial score (nSPS) is 11.3. The average Bonchev–Trinajstić information content (AvgIpc) is 2.64. The third-order valence-corrected chi connectivity index (χ3v) is 3.29. The van der Waals surface area contributed by atoms with Crippen molar-refractivity contribution in [2.45, 2.75) is 40.2 Å². The highest BCUT2D eigenvalue weighted by molar-refractivity contribution is 5.99. The number of carbonyl (C=O) groups excluding carboxylic acids is 1. The Morgan fingerprint density at radius 1 is 1.42 bits per heavy atom. The first-order valence-corrected chi connectivity index (χ1v) is 6.90. The zero-order valence-electron chi connectivity index (χ0n) is 12.7. The molecule has 0 radical (unpaired) electrons. The Hall–Kier alpha value is -1.13. The lowest BCUT2D eigenvalue weighted by atomic mass is 10.1. The van der Waals surface area contributed by atoms with Crippen molar-refractivity contribution in [2.24, 2.45) is 0 Å². The number of aryl methyl sites for hydroxylation is 1. The molecule has 0 unspecified atom stereocenters. The van der Waals surface area contributed by atoms with E-state index in [0.717, 1.165) is 36.5 Å². The topological polar surface area (TPSA) is 43.3 Å². The van der Waals surface area contributed by atoms with Gasteiger partial charge in [0.15, 0.2) is 5.78 Å². The summed E-state index contributed by atoms with van der Waals surface area (Å²) >= 11 is 0. The maximum absolute atomic E-state index is 12.2. The van der Waals surface area contributed by atoms with Crippen molar-refractivity contribution in [3.05, 3.63) is 23.0 Å². The lowest BCUT2D eigenvalue weighted by Gasteiger charge is -2.13. The number of nitrogens with zero attached hydrogens (tertiary/aromatic N) is 1. The summed E-state index contributed by atoms with van der Waals surface area (Å²) in [6, 6.07) is 2.38. The Balaban J connectivity index is 2.60. The molecule has 0 saturated heterocycles. The van der Waals surface area contributed by atoms with E-state index in [4.69, 9.17) is 4.74 Å². The Bertz CT molecular complexity index is 422. The fourth-order valence-electron chi connectivity index (χ4n) is 2.49. The molecule has 1 aromatic heterocycles.